The molecule has 2 amide bonds. The number of carbonyl (C=O) groups is 2. The minimum Gasteiger partial charge on any atom is -0.344 e. The molecule has 0 fully saturated rings. The van der Waals surface area contributed by atoms with E-state index in [1.54, 1.807) is 29.2 Å². The maximum Gasteiger partial charge on any atom is 0.241 e. The van der Waals surface area contributed by atoms with E-state index in [2.05, 4.69) is 11.9 Å². The number of hydrogen-bond donors (Lipinski definition) is 0. The van der Waals surface area contributed by atoms with Gasteiger partial charge in [-0.05, 0) is 30.5 Å². The Morgan fingerprint density at radius 3 is 2.43 bits per heavy atom. The molecule has 1 aromatic heterocycles. The number of pyridine rings is 1. The predicted molar refractivity (Wildman–Crippen MR) is 82.7 cm³/mol. The molecule has 0 aromatic carbocycles. The van der Waals surface area contributed by atoms with Crippen LogP contribution in [0.3, 0.4) is 0 Å². The van der Waals surface area contributed by atoms with E-state index >= 15 is 0 Å². The summed E-state index contributed by atoms with van der Waals surface area (Å²) < 4.78 is 0. The highest BCUT2D eigenvalue weighted by Crippen LogP contribution is 2.01. The van der Waals surface area contributed by atoms with Gasteiger partial charge in [-0.1, -0.05) is 13.3 Å². The summed E-state index contributed by atoms with van der Waals surface area (Å²) in [6.45, 7) is 5.04. The second-order valence-electron chi connectivity index (χ2n) is 5.21. The van der Waals surface area contributed by atoms with Gasteiger partial charge in [0.2, 0.25) is 11.8 Å². The van der Waals surface area contributed by atoms with Gasteiger partial charge in [0.05, 0.1) is 6.54 Å². The summed E-state index contributed by atoms with van der Waals surface area (Å²) in [4.78, 5) is 31.0. The van der Waals surface area contributed by atoms with Crippen LogP contribution in [-0.4, -0.2) is 53.3 Å². The van der Waals surface area contributed by atoms with Crippen LogP contribution in [0.5, 0.6) is 0 Å². The van der Waals surface area contributed by atoms with Crippen LogP contribution in [0.15, 0.2) is 24.5 Å². The largest absolute Gasteiger partial charge is 0.344 e. The second-order valence-corrected chi connectivity index (χ2v) is 5.21. The highest BCUT2D eigenvalue weighted by atomic mass is 16.2. The fraction of sp³-hybridized carbons (Fsp3) is 0.562. The number of likely N-dealkylation sites (N-methyl/N-ethyl adjacent to an activating group) is 1. The molecule has 0 atom stereocenters. The van der Waals surface area contributed by atoms with Crippen molar-refractivity contribution in [2.24, 2.45) is 0 Å². The van der Waals surface area contributed by atoms with Gasteiger partial charge in [0.1, 0.15) is 0 Å². The minimum absolute atomic E-state index is 0.0182. The molecule has 1 aromatic rings. The SMILES string of the molecule is CCCCN(CC(=O)N(C)CCc1ccncc1)C(C)=O. The van der Waals surface area contributed by atoms with Crippen LogP contribution < -0.4 is 0 Å². The van der Waals surface area contributed by atoms with Gasteiger partial charge in [-0.15, -0.1) is 0 Å². The lowest BCUT2D eigenvalue weighted by atomic mass is 10.2. The molecular weight excluding hydrogens is 266 g/mol. The molecule has 0 saturated heterocycles. The molecule has 21 heavy (non-hydrogen) atoms. The third-order valence-electron chi connectivity index (χ3n) is 3.46. The third kappa shape index (κ3) is 6.38. The Kier molecular flexibility index (Phi) is 7.43. The zero-order chi connectivity index (χ0) is 15.7. The average molecular weight is 291 g/mol. The Labute approximate surface area is 127 Å². The molecule has 5 nitrogen and oxygen atoms in total. The molecule has 0 unspecified atom stereocenters. The smallest absolute Gasteiger partial charge is 0.241 e. The van der Waals surface area contributed by atoms with Crippen molar-refractivity contribution in [3.05, 3.63) is 30.1 Å². The van der Waals surface area contributed by atoms with Crippen molar-refractivity contribution in [3.63, 3.8) is 0 Å². The number of unbranched alkanes of at least 4 members (excludes halogenated alkanes) is 1. The molecule has 0 aliphatic rings. The number of aromatic nitrogens is 1. The Bertz CT molecular complexity index is 448. The summed E-state index contributed by atoms with van der Waals surface area (Å²) >= 11 is 0. The standard InChI is InChI=1S/C16H25N3O2/c1-4-5-11-19(14(2)20)13-16(21)18(3)12-8-15-6-9-17-10-7-15/h6-7,9-10H,4-5,8,11-13H2,1-3H3. The van der Waals surface area contributed by atoms with Crippen LogP contribution in [0.1, 0.15) is 32.3 Å². The van der Waals surface area contributed by atoms with E-state index in [4.69, 9.17) is 0 Å². The first-order valence-electron chi connectivity index (χ1n) is 7.43. The normalized spacial score (nSPS) is 10.2. The Hall–Kier alpha value is -1.91. The van der Waals surface area contributed by atoms with Gasteiger partial charge in [-0.2, -0.15) is 0 Å². The van der Waals surface area contributed by atoms with Crippen molar-refractivity contribution >= 4 is 11.8 Å². The van der Waals surface area contributed by atoms with Crippen molar-refractivity contribution in [1.29, 1.82) is 0 Å². The van der Waals surface area contributed by atoms with Gasteiger partial charge < -0.3 is 9.80 Å². The first-order valence-corrected chi connectivity index (χ1v) is 7.43. The highest BCUT2D eigenvalue weighted by molar-refractivity contribution is 5.83. The van der Waals surface area contributed by atoms with Crippen LogP contribution in [0, 0.1) is 0 Å². The zero-order valence-corrected chi connectivity index (χ0v) is 13.2. The zero-order valence-electron chi connectivity index (χ0n) is 13.2. The number of nitrogens with zero attached hydrogens (tertiary/aromatic N) is 3. The summed E-state index contributed by atoms with van der Waals surface area (Å²) in [5.74, 6) is -0.0605. The maximum absolute atomic E-state index is 12.2. The van der Waals surface area contributed by atoms with Crippen molar-refractivity contribution in [2.45, 2.75) is 33.1 Å². The van der Waals surface area contributed by atoms with Crippen molar-refractivity contribution in [2.75, 3.05) is 26.7 Å². The average Bonchev–Trinajstić information content (AvgIpc) is 2.49. The van der Waals surface area contributed by atoms with E-state index in [0.29, 0.717) is 13.1 Å². The molecule has 0 bridgehead atoms. The number of amides is 2. The monoisotopic (exact) mass is 291 g/mol. The number of rotatable bonds is 8. The van der Waals surface area contributed by atoms with E-state index in [1.807, 2.05) is 12.1 Å². The van der Waals surface area contributed by atoms with E-state index in [0.717, 1.165) is 24.8 Å². The summed E-state index contributed by atoms with van der Waals surface area (Å²) in [7, 11) is 1.78. The van der Waals surface area contributed by atoms with Crippen LogP contribution in [0.2, 0.25) is 0 Å². The topological polar surface area (TPSA) is 53.5 Å². The minimum atomic E-state index is -0.0423. The molecule has 5 heteroatoms. The van der Waals surface area contributed by atoms with E-state index in [9.17, 15) is 9.59 Å². The van der Waals surface area contributed by atoms with Gasteiger partial charge in [0.25, 0.3) is 0 Å². The molecule has 1 heterocycles. The molecule has 0 spiro atoms. The van der Waals surface area contributed by atoms with E-state index in [-0.39, 0.29) is 18.4 Å². The lowest BCUT2D eigenvalue weighted by molar-refractivity contribution is -0.138. The lowest BCUT2D eigenvalue weighted by Crippen LogP contribution is -2.41. The Morgan fingerprint density at radius 1 is 1.19 bits per heavy atom. The van der Waals surface area contributed by atoms with Gasteiger partial charge in [-0.3, -0.25) is 14.6 Å². The first-order chi connectivity index (χ1) is 10.0. The molecule has 116 valence electrons. The quantitative estimate of drug-likeness (QED) is 0.733. The van der Waals surface area contributed by atoms with Gasteiger partial charge in [-0.25, -0.2) is 0 Å². The van der Waals surface area contributed by atoms with Crippen LogP contribution >= 0.6 is 0 Å². The fourth-order valence-electron chi connectivity index (χ4n) is 1.95. The molecule has 1 rings (SSSR count). The molecule has 0 saturated carbocycles. The first kappa shape index (κ1) is 17.1. The number of hydrogen-bond acceptors (Lipinski definition) is 3. The van der Waals surface area contributed by atoms with Gasteiger partial charge in [0.15, 0.2) is 0 Å². The van der Waals surface area contributed by atoms with Crippen molar-refractivity contribution < 1.29 is 9.59 Å². The Morgan fingerprint density at radius 2 is 1.86 bits per heavy atom. The molecular formula is C16H25N3O2. The molecule has 0 aliphatic heterocycles. The van der Waals surface area contributed by atoms with E-state index < -0.39 is 0 Å². The maximum atomic E-state index is 12.2. The van der Waals surface area contributed by atoms with Gasteiger partial charge in [0, 0.05) is 39.5 Å². The predicted octanol–water partition coefficient (Wildman–Crippen LogP) is 1.73. The lowest BCUT2D eigenvalue weighted by Gasteiger charge is -2.24. The summed E-state index contributed by atoms with van der Waals surface area (Å²) in [5.41, 5.74) is 1.15. The summed E-state index contributed by atoms with van der Waals surface area (Å²) in [6, 6.07) is 3.89. The van der Waals surface area contributed by atoms with E-state index in [1.165, 1.54) is 6.92 Å². The second kappa shape index (κ2) is 9.10. The Balaban J connectivity index is 2.43. The molecule has 0 radical (unpaired) electrons. The van der Waals surface area contributed by atoms with Crippen LogP contribution in [0.4, 0.5) is 0 Å². The fourth-order valence-corrected chi connectivity index (χ4v) is 1.95. The number of carbonyl (C=O) groups excluding carboxylic acids is 2. The van der Waals surface area contributed by atoms with Gasteiger partial charge >= 0.3 is 0 Å². The van der Waals surface area contributed by atoms with Crippen LogP contribution in [-0.2, 0) is 16.0 Å². The highest BCUT2D eigenvalue weighted by Gasteiger charge is 2.16. The van der Waals surface area contributed by atoms with Crippen molar-refractivity contribution in [3.8, 4) is 0 Å². The summed E-state index contributed by atoms with van der Waals surface area (Å²) in [6.07, 6.45) is 6.22. The summed E-state index contributed by atoms with van der Waals surface area (Å²) in [5, 5.41) is 0. The molecule has 0 N–H and O–H groups in total. The van der Waals surface area contributed by atoms with Crippen molar-refractivity contribution in [1.82, 2.24) is 14.8 Å². The molecule has 0 aliphatic carbocycles. The third-order valence-corrected chi connectivity index (χ3v) is 3.46. The van der Waals surface area contributed by atoms with Crippen LogP contribution in [0.25, 0.3) is 0 Å².